The summed E-state index contributed by atoms with van der Waals surface area (Å²) >= 11 is 0. The fourth-order valence-corrected chi connectivity index (χ4v) is 2.98. The van der Waals surface area contributed by atoms with E-state index in [-0.39, 0.29) is 0 Å². The Morgan fingerprint density at radius 2 is 1.28 bits per heavy atom. The lowest BCUT2D eigenvalue weighted by Gasteiger charge is -2.38. The zero-order chi connectivity index (χ0) is 13.5. The third-order valence-electron chi connectivity index (χ3n) is 3.59. The topological polar surface area (TPSA) is 6.48 Å². The van der Waals surface area contributed by atoms with Crippen molar-refractivity contribution in [2.75, 3.05) is 39.3 Å². The van der Waals surface area contributed by atoms with E-state index in [9.17, 15) is 0 Å². The van der Waals surface area contributed by atoms with Crippen LogP contribution >= 0.6 is 0 Å². The number of hydrogen-bond acceptors (Lipinski definition) is 2. The Kier molecular flexibility index (Phi) is 7.25. The lowest BCUT2D eigenvalue weighted by molar-refractivity contribution is 0.0987. The molecule has 0 aromatic heterocycles. The Hall–Kier alpha value is -0.0800. The van der Waals surface area contributed by atoms with Crippen LogP contribution in [0, 0.1) is 17.8 Å². The summed E-state index contributed by atoms with van der Waals surface area (Å²) in [6, 6.07) is 0. The van der Waals surface area contributed by atoms with Gasteiger partial charge in [0.1, 0.15) is 0 Å². The minimum absolute atomic E-state index is 0.845. The molecule has 0 aromatic rings. The molecule has 0 saturated carbocycles. The molecule has 0 radical (unpaired) electrons. The molecule has 18 heavy (non-hydrogen) atoms. The van der Waals surface area contributed by atoms with E-state index in [1.54, 1.807) is 0 Å². The predicted molar refractivity (Wildman–Crippen MR) is 81.0 cm³/mol. The van der Waals surface area contributed by atoms with E-state index in [1.807, 2.05) is 0 Å². The van der Waals surface area contributed by atoms with Gasteiger partial charge in [0.15, 0.2) is 0 Å². The highest BCUT2D eigenvalue weighted by Gasteiger charge is 2.21. The first-order valence-electron chi connectivity index (χ1n) is 7.92. The first-order chi connectivity index (χ1) is 8.47. The van der Waals surface area contributed by atoms with Crippen LogP contribution in [0.4, 0.5) is 0 Å². The van der Waals surface area contributed by atoms with Crippen molar-refractivity contribution in [2.45, 2.75) is 47.5 Å². The van der Waals surface area contributed by atoms with Crippen LogP contribution < -0.4 is 0 Å². The van der Waals surface area contributed by atoms with Crippen molar-refractivity contribution in [3.05, 3.63) is 0 Å². The molecule has 0 bridgehead atoms. The molecule has 2 aliphatic heterocycles. The van der Waals surface area contributed by atoms with Crippen molar-refractivity contribution in [1.82, 2.24) is 9.80 Å². The Labute approximate surface area is 115 Å². The Bertz CT molecular complexity index is 201. The highest BCUT2D eigenvalue weighted by atomic mass is 15.2. The fraction of sp³-hybridized carbons (Fsp3) is 1.00. The Morgan fingerprint density at radius 1 is 0.833 bits per heavy atom. The molecule has 2 heteroatoms. The maximum atomic E-state index is 2.56. The predicted octanol–water partition coefficient (Wildman–Crippen LogP) is 3.33. The first kappa shape index (κ1) is 16.0. The quantitative estimate of drug-likeness (QED) is 0.759. The van der Waals surface area contributed by atoms with Gasteiger partial charge >= 0.3 is 0 Å². The largest absolute Gasteiger partial charge is 0.303 e. The van der Waals surface area contributed by atoms with Crippen molar-refractivity contribution in [3.63, 3.8) is 0 Å². The van der Waals surface area contributed by atoms with Crippen LogP contribution in [-0.4, -0.2) is 49.1 Å². The molecule has 2 rings (SSSR count). The fourth-order valence-electron chi connectivity index (χ4n) is 2.98. The van der Waals surface area contributed by atoms with Gasteiger partial charge in [-0.25, -0.2) is 0 Å². The van der Waals surface area contributed by atoms with E-state index in [2.05, 4.69) is 44.4 Å². The maximum Gasteiger partial charge on any atom is 0.00195 e. The lowest BCUT2D eigenvalue weighted by Crippen LogP contribution is -2.46. The molecule has 0 amide bonds. The zero-order valence-corrected chi connectivity index (χ0v) is 13.3. The molecule has 2 heterocycles. The average Bonchev–Trinajstić information content (AvgIpc) is 2.67. The monoisotopic (exact) mass is 254 g/mol. The van der Waals surface area contributed by atoms with E-state index < -0.39 is 0 Å². The molecular weight excluding hydrogens is 220 g/mol. The van der Waals surface area contributed by atoms with Gasteiger partial charge in [0.05, 0.1) is 0 Å². The number of nitrogens with zero attached hydrogens (tertiary/aromatic N) is 2. The highest BCUT2D eigenvalue weighted by Crippen LogP contribution is 2.15. The van der Waals surface area contributed by atoms with Crippen LogP contribution in [0.3, 0.4) is 0 Å². The van der Waals surface area contributed by atoms with Crippen LogP contribution in [0.5, 0.6) is 0 Å². The van der Waals surface area contributed by atoms with Gasteiger partial charge in [-0.05, 0) is 43.7 Å². The number of likely N-dealkylation sites (tertiary alicyclic amines) is 2. The third-order valence-corrected chi connectivity index (χ3v) is 3.59. The summed E-state index contributed by atoms with van der Waals surface area (Å²) in [5.74, 6) is 2.66. The van der Waals surface area contributed by atoms with Crippen molar-refractivity contribution in [1.29, 1.82) is 0 Å². The van der Waals surface area contributed by atoms with Crippen LogP contribution in [0.15, 0.2) is 0 Å². The SMILES string of the molecule is CC(C)CN1CC(C)C1.CC(C)CN1CCCC1. The van der Waals surface area contributed by atoms with Gasteiger partial charge in [0.2, 0.25) is 0 Å². The molecule has 0 unspecified atom stereocenters. The van der Waals surface area contributed by atoms with Gasteiger partial charge in [0, 0.05) is 26.2 Å². The Morgan fingerprint density at radius 3 is 1.67 bits per heavy atom. The minimum Gasteiger partial charge on any atom is -0.303 e. The van der Waals surface area contributed by atoms with Crippen LogP contribution in [-0.2, 0) is 0 Å². The van der Waals surface area contributed by atoms with Crippen molar-refractivity contribution in [2.24, 2.45) is 17.8 Å². The smallest absolute Gasteiger partial charge is 0.00195 e. The molecule has 2 fully saturated rings. The van der Waals surface area contributed by atoms with Gasteiger partial charge in [0.25, 0.3) is 0 Å². The average molecular weight is 254 g/mol. The first-order valence-corrected chi connectivity index (χ1v) is 7.92. The second kappa shape index (κ2) is 8.16. The molecule has 2 saturated heterocycles. The molecule has 2 aliphatic rings. The summed E-state index contributed by atoms with van der Waals surface area (Å²) in [7, 11) is 0. The molecule has 2 nitrogen and oxygen atoms in total. The maximum absolute atomic E-state index is 2.56. The van der Waals surface area contributed by atoms with Gasteiger partial charge in [-0.1, -0.05) is 34.6 Å². The van der Waals surface area contributed by atoms with Crippen molar-refractivity contribution in [3.8, 4) is 0 Å². The Balaban J connectivity index is 0.000000180. The molecule has 0 N–H and O–H groups in total. The normalized spacial score (nSPS) is 22.2. The van der Waals surface area contributed by atoms with E-state index >= 15 is 0 Å². The van der Waals surface area contributed by atoms with Gasteiger partial charge < -0.3 is 9.80 Å². The summed E-state index contributed by atoms with van der Waals surface area (Å²) in [6.45, 7) is 19.4. The molecule has 0 aromatic carbocycles. The molecule has 0 aliphatic carbocycles. The van der Waals surface area contributed by atoms with E-state index in [0.29, 0.717) is 0 Å². The molecule has 108 valence electrons. The van der Waals surface area contributed by atoms with E-state index in [0.717, 1.165) is 17.8 Å². The summed E-state index contributed by atoms with van der Waals surface area (Å²) in [5, 5.41) is 0. The van der Waals surface area contributed by atoms with E-state index in [4.69, 9.17) is 0 Å². The number of hydrogen-bond donors (Lipinski definition) is 0. The minimum atomic E-state index is 0.845. The van der Waals surface area contributed by atoms with Crippen molar-refractivity contribution >= 4 is 0 Å². The standard InChI is InChI=1S/2C8H17N/c1-7(2)4-9-5-8(3)6-9;1-8(2)7-9-5-3-4-6-9/h7-8H,4-6H2,1-3H3;8H,3-7H2,1-2H3. The van der Waals surface area contributed by atoms with Crippen LogP contribution in [0.1, 0.15) is 47.5 Å². The van der Waals surface area contributed by atoms with Gasteiger partial charge in [-0.2, -0.15) is 0 Å². The van der Waals surface area contributed by atoms with Crippen molar-refractivity contribution < 1.29 is 0 Å². The molecule has 0 spiro atoms. The summed E-state index contributed by atoms with van der Waals surface area (Å²) in [6.07, 6.45) is 2.85. The summed E-state index contributed by atoms with van der Waals surface area (Å²) in [5.41, 5.74) is 0. The lowest BCUT2D eigenvalue weighted by atomic mass is 10.0. The van der Waals surface area contributed by atoms with Crippen LogP contribution in [0.2, 0.25) is 0 Å². The highest BCUT2D eigenvalue weighted by molar-refractivity contribution is 4.76. The zero-order valence-electron chi connectivity index (χ0n) is 13.3. The third kappa shape index (κ3) is 6.75. The molecule has 0 atom stereocenters. The molecular formula is C16H34N2. The van der Waals surface area contributed by atoms with Crippen LogP contribution in [0.25, 0.3) is 0 Å². The summed E-state index contributed by atoms with van der Waals surface area (Å²) in [4.78, 5) is 5.08. The second-order valence-corrected chi connectivity index (χ2v) is 7.12. The summed E-state index contributed by atoms with van der Waals surface area (Å²) < 4.78 is 0. The van der Waals surface area contributed by atoms with E-state index in [1.165, 1.54) is 52.1 Å². The second-order valence-electron chi connectivity index (χ2n) is 7.12. The van der Waals surface area contributed by atoms with Gasteiger partial charge in [-0.15, -0.1) is 0 Å². The van der Waals surface area contributed by atoms with Gasteiger partial charge in [-0.3, -0.25) is 0 Å². The number of rotatable bonds is 4.